The Hall–Kier alpha value is -1.24. The third-order valence-electron chi connectivity index (χ3n) is 8.81. The van der Waals surface area contributed by atoms with Crippen LogP contribution in [0.2, 0.25) is 0 Å². The molecule has 0 aromatic heterocycles. The molecule has 4 rings (SSSR count). The zero-order valence-corrected chi connectivity index (χ0v) is 17.0. The Labute approximate surface area is 166 Å². The minimum absolute atomic E-state index is 0.00781. The first-order valence-corrected chi connectivity index (χ1v) is 10.4. The Kier molecular flexibility index (Phi) is 4.39. The number of aliphatic hydroxyl groups is 3. The average Bonchev–Trinajstić information content (AvgIpc) is 2.73. The molecule has 4 fully saturated rings. The molecule has 4 saturated carbocycles. The second kappa shape index (κ2) is 6.13. The number of esters is 1. The van der Waals surface area contributed by atoms with Gasteiger partial charge in [-0.25, -0.2) is 0 Å². The molecule has 3 N–H and O–H groups in total. The number of ether oxygens (including phenoxy) is 1. The Morgan fingerprint density at radius 1 is 1.14 bits per heavy atom. The van der Waals surface area contributed by atoms with Gasteiger partial charge in [0.15, 0.2) is 5.78 Å². The van der Waals surface area contributed by atoms with Gasteiger partial charge in [-0.1, -0.05) is 20.4 Å². The molecule has 2 bridgehead atoms. The van der Waals surface area contributed by atoms with Gasteiger partial charge in [0.05, 0.1) is 30.3 Å². The topological polar surface area (TPSA) is 104 Å². The molecule has 0 radical (unpaired) electrons. The lowest BCUT2D eigenvalue weighted by Crippen LogP contribution is -2.72. The quantitative estimate of drug-likeness (QED) is 0.487. The molecule has 4 aliphatic carbocycles. The van der Waals surface area contributed by atoms with Crippen molar-refractivity contribution in [3.05, 3.63) is 12.2 Å². The number of hydrogen-bond acceptors (Lipinski definition) is 6. The van der Waals surface area contributed by atoms with E-state index in [4.69, 9.17) is 4.74 Å². The van der Waals surface area contributed by atoms with E-state index in [0.29, 0.717) is 31.3 Å². The number of aliphatic hydroxyl groups excluding tert-OH is 3. The Morgan fingerprint density at radius 3 is 2.46 bits per heavy atom. The highest BCUT2D eigenvalue weighted by molar-refractivity contribution is 6.04. The summed E-state index contributed by atoms with van der Waals surface area (Å²) in [6, 6.07) is 0. The van der Waals surface area contributed by atoms with Gasteiger partial charge >= 0.3 is 5.97 Å². The number of hydrogen-bond donors (Lipinski definition) is 3. The predicted molar refractivity (Wildman–Crippen MR) is 101 cm³/mol. The molecule has 0 amide bonds. The predicted octanol–water partition coefficient (Wildman–Crippen LogP) is 1.61. The van der Waals surface area contributed by atoms with E-state index in [0.717, 1.165) is 6.42 Å². The third-order valence-corrected chi connectivity index (χ3v) is 8.81. The van der Waals surface area contributed by atoms with Crippen LogP contribution in [0.4, 0.5) is 0 Å². The first-order chi connectivity index (χ1) is 13.0. The van der Waals surface area contributed by atoms with Crippen molar-refractivity contribution in [1.29, 1.82) is 0 Å². The molecular weight excluding hydrogens is 360 g/mol. The van der Waals surface area contributed by atoms with Crippen molar-refractivity contribution >= 4 is 11.8 Å². The van der Waals surface area contributed by atoms with Gasteiger partial charge in [0.2, 0.25) is 0 Å². The summed E-state index contributed by atoms with van der Waals surface area (Å²) in [6.07, 6.45) is 0.0486. The Bertz CT molecular complexity index is 729. The van der Waals surface area contributed by atoms with E-state index in [1.54, 1.807) is 0 Å². The number of rotatable bonds is 2. The fourth-order valence-corrected chi connectivity index (χ4v) is 7.55. The summed E-state index contributed by atoms with van der Waals surface area (Å²) < 4.78 is 5.49. The van der Waals surface area contributed by atoms with Gasteiger partial charge in [-0.05, 0) is 54.9 Å². The SMILES string of the molecule is C=C1C(=O)[C@@]23C(CC[C@@H]1[C@H]2O)C1(COC(C)=O)C(O)CCC(C)(C)C1C[C@H]3O. The van der Waals surface area contributed by atoms with Crippen LogP contribution in [0.25, 0.3) is 0 Å². The van der Waals surface area contributed by atoms with Crippen molar-refractivity contribution in [2.75, 3.05) is 6.61 Å². The molecule has 6 nitrogen and oxygen atoms in total. The lowest BCUT2D eigenvalue weighted by atomic mass is 9.38. The molecule has 28 heavy (non-hydrogen) atoms. The maximum absolute atomic E-state index is 13.4. The monoisotopic (exact) mass is 392 g/mol. The van der Waals surface area contributed by atoms with Crippen molar-refractivity contribution in [2.45, 2.75) is 71.2 Å². The summed E-state index contributed by atoms with van der Waals surface area (Å²) in [5, 5.41) is 33.8. The lowest BCUT2D eigenvalue weighted by Gasteiger charge is -2.66. The second-order valence-electron chi connectivity index (χ2n) is 10.2. The number of carbonyl (C=O) groups is 2. The molecule has 4 aliphatic rings. The van der Waals surface area contributed by atoms with Crippen LogP contribution in [-0.4, -0.2) is 52.0 Å². The first kappa shape index (κ1) is 20.0. The van der Waals surface area contributed by atoms with Gasteiger partial charge in [0, 0.05) is 18.3 Å². The van der Waals surface area contributed by atoms with Crippen LogP contribution in [-0.2, 0) is 14.3 Å². The van der Waals surface area contributed by atoms with Gasteiger partial charge in [0.25, 0.3) is 0 Å². The molecule has 0 heterocycles. The zero-order chi connectivity index (χ0) is 20.6. The van der Waals surface area contributed by atoms with Gasteiger partial charge < -0.3 is 20.1 Å². The third kappa shape index (κ3) is 2.20. The van der Waals surface area contributed by atoms with E-state index in [1.165, 1.54) is 6.92 Å². The summed E-state index contributed by atoms with van der Waals surface area (Å²) >= 11 is 0. The first-order valence-electron chi connectivity index (χ1n) is 10.4. The van der Waals surface area contributed by atoms with Gasteiger partial charge in [0.1, 0.15) is 0 Å². The molecular formula is C22H32O6. The van der Waals surface area contributed by atoms with E-state index in [9.17, 15) is 24.9 Å². The summed E-state index contributed by atoms with van der Waals surface area (Å²) in [6.45, 7) is 9.52. The molecule has 4 unspecified atom stereocenters. The average molecular weight is 392 g/mol. The van der Waals surface area contributed by atoms with Crippen LogP contribution in [0, 0.1) is 34.0 Å². The molecule has 156 valence electrons. The van der Waals surface area contributed by atoms with E-state index >= 15 is 0 Å². The fraction of sp³-hybridized carbons (Fsp3) is 0.818. The summed E-state index contributed by atoms with van der Waals surface area (Å²) in [5.41, 5.74) is -2.02. The standard InChI is InChI=1S/C22H32O6/c1-11-13-5-6-14-21(10-28-12(2)23)15(20(3,4)8-7-16(21)24)9-17(25)22(14,18(11)26)19(13)27/h13-17,19,24-25,27H,1,5-10H2,2-4H3/t13-,14?,15?,16?,17+,19+,21?,22-/m0/s1. The van der Waals surface area contributed by atoms with E-state index in [1.807, 2.05) is 0 Å². The summed E-state index contributed by atoms with van der Waals surface area (Å²) in [7, 11) is 0. The lowest BCUT2D eigenvalue weighted by molar-refractivity contribution is -0.268. The Morgan fingerprint density at radius 2 is 1.82 bits per heavy atom. The zero-order valence-electron chi connectivity index (χ0n) is 17.0. The van der Waals surface area contributed by atoms with Crippen LogP contribution >= 0.6 is 0 Å². The molecule has 6 heteroatoms. The summed E-state index contributed by atoms with van der Waals surface area (Å²) in [4.78, 5) is 25.1. The van der Waals surface area contributed by atoms with E-state index in [2.05, 4.69) is 20.4 Å². The summed E-state index contributed by atoms with van der Waals surface area (Å²) in [5.74, 6) is -1.62. The minimum atomic E-state index is -1.36. The molecule has 8 atom stereocenters. The van der Waals surface area contributed by atoms with Crippen LogP contribution in [0.1, 0.15) is 52.9 Å². The molecule has 0 aromatic rings. The van der Waals surface area contributed by atoms with E-state index in [-0.39, 0.29) is 29.6 Å². The van der Waals surface area contributed by atoms with Crippen molar-refractivity contribution in [2.24, 2.45) is 34.0 Å². The van der Waals surface area contributed by atoms with Crippen LogP contribution < -0.4 is 0 Å². The Balaban J connectivity index is 1.92. The second-order valence-corrected chi connectivity index (χ2v) is 10.2. The maximum atomic E-state index is 13.4. The van der Waals surface area contributed by atoms with Crippen molar-refractivity contribution in [1.82, 2.24) is 0 Å². The number of fused-ring (bicyclic) bond motifs is 3. The molecule has 0 aromatic carbocycles. The largest absolute Gasteiger partial charge is 0.465 e. The molecule has 0 saturated heterocycles. The molecule has 1 spiro atoms. The normalized spacial score (nSPS) is 49.4. The van der Waals surface area contributed by atoms with Gasteiger partial charge in [-0.2, -0.15) is 0 Å². The highest BCUT2D eigenvalue weighted by Gasteiger charge is 2.76. The highest BCUT2D eigenvalue weighted by atomic mass is 16.5. The van der Waals surface area contributed by atoms with Crippen LogP contribution in [0.15, 0.2) is 12.2 Å². The van der Waals surface area contributed by atoms with Crippen molar-refractivity contribution in [3.63, 3.8) is 0 Å². The van der Waals surface area contributed by atoms with Crippen LogP contribution in [0.5, 0.6) is 0 Å². The molecule has 0 aliphatic heterocycles. The number of Topliss-reactive ketones (excluding diaryl/α,β-unsaturated/α-hetero) is 1. The van der Waals surface area contributed by atoms with Crippen LogP contribution in [0.3, 0.4) is 0 Å². The van der Waals surface area contributed by atoms with Gasteiger partial charge in [-0.3, -0.25) is 9.59 Å². The smallest absolute Gasteiger partial charge is 0.302 e. The minimum Gasteiger partial charge on any atom is -0.465 e. The van der Waals surface area contributed by atoms with Crippen molar-refractivity contribution in [3.8, 4) is 0 Å². The van der Waals surface area contributed by atoms with E-state index < -0.39 is 41.0 Å². The van der Waals surface area contributed by atoms with Gasteiger partial charge in [-0.15, -0.1) is 0 Å². The van der Waals surface area contributed by atoms with Crippen molar-refractivity contribution < 1.29 is 29.6 Å². The highest BCUT2D eigenvalue weighted by Crippen LogP contribution is 2.71. The maximum Gasteiger partial charge on any atom is 0.302 e. The number of carbonyl (C=O) groups excluding carboxylic acids is 2. The fourth-order valence-electron chi connectivity index (χ4n) is 7.55. The number of ketones is 1.